The Bertz CT molecular complexity index is 1110. The SMILES string of the molecule is CN(C(=O)c1cc2c(CC3CCCCC3)n[nH]c2cc1O)c1ccc(N2CCNCC2)cc1. The molecule has 3 N–H and O–H groups in total. The number of amides is 1. The number of aromatic nitrogens is 2. The minimum absolute atomic E-state index is 0.0235. The topological polar surface area (TPSA) is 84.5 Å². The Balaban J connectivity index is 1.36. The summed E-state index contributed by atoms with van der Waals surface area (Å²) in [5.74, 6) is 0.397. The second-order valence-corrected chi connectivity index (χ2v) is 9.41. The molecule has 0 atom stereocenters. The number of benzene rings is 2. The van der Waals surface area contributed by atoms with Crippen molar-refractivity contribution in [3.05, 3.63) is 47.7 Å². The van der Waals surface area contributed by atoms with Gasteiger partial charge in [-0.25, -0.2) is 0 Å². The van der Waals surface area contributed by atoms with Crippen LogP contribution in [0.4, 0.5) is 11.4 Å². The molecule has 1 aliphatic carbocycles. The van der Waals surface area contributed by atoms with Gasteiger partial charge in [-0.2, -0.15) is 5.10 Å². The van der Waals surface area contributed by atoms with Gasteiger partial charge in [0.1, 0.15) is 5.75 Å². The van der Waals surface area contributed by atoms with Crippen molar-refractivity contribution in [3.63, 3.8) is 0 Å². The van der Waals surface area contributed by atoms with E-state index in [1.807, 2.05) is 12.1 Å². The summed E-state index contributed by atoms with van der Waals surface area (Å²) in [5, 5.41) is 22.5. The van der Waals surface area contributed by atoms with Crippen molar-refractivity contribution < 1.29 is 9.90 Å². The molecule has 2 heterocycles. The highest BCUT2D eigenvalue weighted by Gasteiger charge is 2.22. The van der Waals surface area contributed by atoms with E-state index in [1.165, 1.54) is 32.1 Å². The predicted molar refractivity (Wildman–Crippen MR) is 132 cm³/mol. The average molecular weight is 448 g/mol. The van der Waals surface area contributed by atoms with E-state index in [4.69, 9.17) is 0 Å². The molecule has 0 unspecified atom stereocenters. The predicted octanol–water partition coefficient (Wildman–Crippen LogP) is 4.08. The number of nitrogens with one attached hydrogen (secondary N) is 2. The molecule has 7 nitrogen and oxygen atoms in total. The first-order valence-corrected chi connectivity index (χ1v) is 12.1. The van der Waals surface area contributed by atoms with Gasteiger partial charge < -0.3 is 20.2 Å². The summed E-state index contributed by atoms with van der Waals surface area (Å²) in [6.07, 6.45) is 7.30. The number of anilines is 2. The van der Waals surface area contributed by atoms with Gasteiger partial charge in [0.2, 0.25) is 0 Å². The maximum atomic E-state index is 13.3. The van der Waals surface area contributed by atoms with E-state index < -0.39 is 0 Å². The van der Waals surface area contributed by atoms with E-state index in [-0.39, 0.29) is 11.7 Å². The van der Waals surface area contributed by atoms with Crippen LogP contribution in [0.25, 0.3) is 10.9 Å². The van der Waals surface area contributed by atoms with Crippen molar-refractivity contribution in [1.29, 1.82) is 0 Å². The van der Waals surface area contributed by atoms with Gasteiger partial charge in [0.25, 0.3) is 5.91 Å². The van der Waals surface area contributed by atoms with E-state index in [9.17, 15) is 9.90 Å². The lowest BCUT2D eigenvalue weighted by Gasteiger charge is -2.29. The van der Waals surface area contributed by atoms with Gasteiger partial charge in [0.15, 0.2) is 0 Å². The van der Waals surface area contributed by atoms with E-state index in [1.54, 1.807) is 24.1 Å². The van der Waals surface area contributed by atoms with Gasteiger partial charge in [0.05, 0.1) is 16.8 Å². The fourth-order valence-electron chi connectivity index (χ4n) is 5.21. The standard InChI is InChI=1S/C26H33N5O2/c1-30(19-7-9-20(10-8-19)31-13-11-27-12-14-31)26(33)22-16-21-23(15-18-5-3-2-4-6-18)28-29-24(21)17-25(22)32/h7-10,16-18,27,32H,2-6,11-15H2,1H3,(H,28,29). The molecular weight excluding hydrogens is 414 g/mol. The lowest BCUT2D eigenvalue weighted by molar-refractivity contribution is 0.0990. The summed E-state index contributed by atoms with van der Waals surface area (Å²) in [4.78, 5) is 17.3. The molecule has 3 aromatic rings. The maximum absolute atomic E-state index is 13.3. The van der Waals surface area contributed by atoms with Crippen LogP contribution in [0.2, 0.25) is 0 Å². The van der Waals surface area contributed by atoms with E-state index in [0.717, 1.165) is 60.6 Å². The lowest BCUT2D eigenvalue weighted by Crippen LogP contribution is -2.43. The van der Waals surface area contributed by atoms with Crippen LogP contribution in [0.1, 0.15) is 48.2 Å². The minimum atomic E-state index is -0.228. The summed E-state index contributed by atoms with van der Waals surface area (Å²) >= 11 is 0. The van der Waals surface area contributed by atoms with Crippen LogP contribution in [-0.2, 0) is 6.42 Å². The summed E-state index contributed by atoms with van der Waals surface area (Å²) in [7, 11) is 1.75. The summed E-state index contributed by atoms with van der Waals surface area (Å²) in [6, 6.07) is 11.5. The first-order valence-electron chi connectivity index (χ1n) is 12.1. The largest absolute Gasteiger partial charge is 0.507 e. The number of aromatic hydroxyl groups is 1. The smallest absolute Gasteiger partial charge is 0.261 e. The van der Waals surface area contributed by atoms with E-state index in [2.05, 4.69) is 32.5 Å². The third-order valence-corrected chi connectivity index (χ3v) is 7.22. The third kappa shape index (κ3) is 4.55. The van der Waals surface area contributed by atoms with Crippen LogP contribution in [0.5, 0.6) is 5.75 Å². The number of carbonyl (C=O) groups excluding carboxylic acids is 1. The monoisotopic (exact) mass is 447 g/mol. The summed E-state index contributed by atoms with van der Waals surface area (Å²) in [6.45, 7) is 3.93. The van der Waals surface area contributed by atoms with Gasteiger partial charge in [-0.3, -0.25) is 9.89 Å². The van der Waals surface area contributed by atoms with Crippen molar-refractivity contribution in [1.82, 2.24) is 15.5 Å². The van der Waals surface area contributed by atoms with Gasteiger partial charge in [0, 0.05) is 56.1 Å². The molecule has 2 aliphatic rings. The van der Waals surface area contributed by atoms with Crippen molar-refractivity contribution in [2.75, 3.05) is 43.0 Å². The zero-order valence-corrected chi connectivity index (χ0v) is 19.3. The molecule has 1 saturated carbocycles. The number of carbonyl (C=O) groups is 1. The molecule has 7 heteroatoms. The van der Waals surface area contributed by atoms with Crippen molar-refractivity contribution in [2.24, 2.45) is 5.92 Å². The lowest BCUT2D eigenvalue weighted by atomic mass is 9.85. The average Bonchev–Trinajstić information content (AvgIpc) is 3.25. The summed E-state index contributed by atoms with van der Waals surface area (Å²) < 4.78 is 0. The maximum Gasteiger partial charge on any atom is 0.261 e. The third-order valence-electron chi connectivity index (χ3n) is 7.22. The normalized spacial score (nSPS) is 17.4. The highest BCUT2D eigenvalue weighted by Crippen LogP contribution is 2.32. The van der Waals surface area contributed by atoms with Crippen molar-refractivity contribution in [2.45, 2.75) is 38.5 Å². The molecule has 33 heavy (non-hydrogen) atoms. The van der Waals surface area contributed by atoms with Gasteiger partial charge in [-0.05, 0) is 42.7 Å². The fraction of sp³-hybridized carbons (Fsp3) is 0.462. The molecule has 1 amide bonds. The zero-order valence-electron chi connectivity index (χ0n) is 19.3. The van der Waals surface area contributed by atoms with E-state index >= 15 is 0 Å². The Hall–Kier alpha value is -3.06. The second-order valence-electron chi connectivity index (χ2n) is 9.41. The number of hydrogen-bond acceptors (Lipinski definition) is 5. The molecule has 0 radical (unpaired) electrons. The molecule has 2 fully saturated rings. The second kappa shape index (κ2) is 9.43. The quantitative estimate of drug-likeness (QED) is 0.549. The Morgan fingerprint density at radius 3 is 2.58 bits per heavy atom. The van der Waals surface area contributed by atoms with Crippen molar-refractivity contribution >= 4 is 28.2 Å². The highest BCUT2D eigenvalue weighted by molar-refractivity contribution is 6.09. The number of phenols is 1. The number of phenolic OH excluding ortho intramolecular Hbond substituents is 1. The van der Waals surface area contributed by atoms with Crippen molar-refractivity contribution in [3.8, 4) is 5.75 Å². The van der Waals surface area contributed by atoms with Crippen LogP contribution < -0.4 is 15.1 Å². The van der Waals surface area contributed by atoms with Gasteiger partial charge in [-0.15, -0.1) is 0 Å². The first kappa shape index (κ1) is 21.8. The zero-order chi connectivity index (χ0) is 22.8. The van der Waals surface area contributed by atoms with Crippen LogP contribution in [0.3, 0.4) is 0 Å². The summed E-state index contributed by atoms with van der Waals surface area (Å²) in [5.41, 5.74) is 4.04. The molecular formula is C26H33N5O2. The Morgan fingerprint density at radius 1 is 1.12 bits per heavy atom. The van der Waals surface area contributed by atoms with Crippen LogP contribution >= 0.6 is 0 Å². The molecule has 0 bridgehead atoms. The molecule has 1 aromatic heterocycles. The van der Waals surface area contributed by atoms with Gasteiger partial charge >= 0.3 is 0 Å². The molecule has 1 saturated heterocycles. The Morgan fingerprint density at radius 2 is 1.85 bits per heavy atom. The number of piperazine rings is 1. The van der Waals surface area contributed by atoms with Crippen LogP contribution in [0, 0.1) is 5.92 Å². The minimum Gasteiger partial charge on any atom is -0.507 e. The Kier molecular flexibility index (Phi) is 6.22. The van der Waals surface area contributed by atoms with Gasteiger partial charge in [-0.1, -0.05) is 32.1 Å². The molecule has 2 aromatic carbocycles. The van der Waals surface area contributed by atoms with Crippen LogP contribution in [0.15, 0.2) is 36.4 Å². The molecule has 5 rings (SSSR count). The number of H-pyrrole nitrogens is 1. The molecule has 174 valence electrons. The van der Waals surface area contributed by atoms with E-state index in [0.29, 0.717) is 11.5 Å². The molecule has 1 aliphatic heterocycles. The number of nitrogens with zero attached hydrogens (tertiary/aromatic N) is 3. The number of rotatable bonds is 5. The Labute approximate surface area is 194 Å². The number of fused-ring (bicyclic) bond motifs is 1. The highest BCUT2D eigenvalue weighted by atomic mass is 16.3. The molecule has 0 spiro atoms. The number of hydrogen-bond donors (Lipinski definition) is 3. The van der Waals surface area contributed by atoms with Crippen LogP contribution in [-0.4, -0.2) is 54.4 Å². The first-order chi connectivity index (χ1) is 16.1. The fourth-order valence-corrected chi connectivity index (χ4v) is 5.21. The number of aromatic amines is 1.